The van der Waals surface area contributed by atoms with Crippen LogP contribution < -0.4 is 0 Å². The lowest BCUT2D eigenvalue weighted by Gasteiger charge is -2.45. The molecule has 0 radical (unpaired) electrons. The minimum Gasteiger partial charge on any atom is -0.341 e. The van der Waals surface area contributed by atoms with Gasteiger partial charge in [-0.25, -0.2) is 8.42 Å². The van der Waals surface area contributed by atoms with Crippen molar-refractivity contribution in [3.8, 4) is 0 Å². The number of hydrogen-bond acceptors (Lipinski definition) is 4. The van der Waals surface area contributed by atoms with Crippen LogP contribution in [0.4, 0.5) is 0 Å². The van der Waals surface area contributed by atoms with E-state index in [-0.39, 0.29) is 11.4 Å². The van der Waals surface area contributed by atoms with Crippen molar-refractivity contribution in [1.82, 2.24) is 14.1 Å². The van der Waals surface area contributed by atoms with E-state index in [1.165, 1.54) is 37.7 Å². The van der Waals surface area contributed by atoms with Crippen LogP contribution >= 0.6 is 0 Å². The van der Waals surface area contributed by atoms with Crippen LogP contribution in [0.5, 0.6) is 0 Å². The maximum absolute atomic E-state index is 13.2. The highest BCUT2D eigenvalue weighted by molar-refractivity contribution is 7.89. The number of carbonyl (C=O) groups is 1. The number of benzene rings is 1. The molecule has 0 spiro atoms. The second-order valence-corrected chi connectivity index (χ2v) is 11.5. The van der Waals surface area contributed by atoms with Gasteiger partial charge in [0.15, 0.2) is 0 Å². The standard InChI is InChI=1S/C24H37N3O3S/c1-3-24(13-14-25(19-24)20(2)28)26-15-17-27(18-16-26)31(29,30)23-11-9-22(10-12-23)21-7-5-4-6-8-21/h9-12,21H,3-8,13-19H2,1-2H3/t24-/m1/s1. The Bertz CT molecular complexity index is 872. The molecular formula is C24H37N3O3S. The molecule has 2 heterocycles. The van der Waals surface area contributed by atoms with Crippen molar-refractivity contribution in [1.29, 1.82) is 0 Å². The summed E-state index contributed by atoms with van der Waals surface area (Å²) < 4.78 is 28.1. The average Bonchev–Trinajstić information content (AvgIpc) is 3.26. The lowest BCUT2D eigenvalue weighted by atomic mass is 9.84. The van der Waals surface area contributed by atoms with Crippen LogP contribution in [0.1, 0.15) is 70.3 Å². The van der Waals surface area contributed by atoms with Crippen LogP contribution in [-0.2, 0) is 14.8 Å². The number of amides is 1. The monoisotopic (exact) mass is 447 g/mol. The molecule has 3 aliphatic rings. The summed E-state index contributed by atoms with van der Waals surface area (Å²) in [5.74, 6) is 0.716. The Balaban J connectivity index is 1.40. The van der Waals surface area contributed by atoms with E-state index in [1.807, 2.05) is 17.0 Å². The summed E-state index contributed by atoms with van der Waals surface area (Å²) in [7, 11) is -3.47. The van der Waals surface area contributed by atoms with Gasteiger partial charge in [0.2, 0.25) is 15.9 Å². The molecule has 1 atom stereocenters. The van der Waals surface area contributed by atoms with Crippen LogP contribution in [0.15, 0.2) is 29.2 Å². The van der Waals surface area contributed by atoms with Gasteiger partial charge in [0.1, 0.15) is 0 Å². The molecule has 0 bridgehead atoms. The first-order valence-corrected chi connectivity index (χ1v) is 13.4. The fraction of sp³-hybridized carbons (Fsp3) is 0.708. The summed E-state index contributed by atoms with van der Waals surface area (Å²) in [5.41, 5.74) is 1.27. The van der Waals surface area contributed by atoms with E-state index < -0.39 is 10.0 Å². The largest absolute Gasteiger partial charge is 0.341 e. The molecule has 0 unspecified atom stereocenters. The minimum absolute atomic E-state index is 0.0107. The lowest BCUT2D eigenvalue weighted by molar-refractivity contribution is -0.128. The van der Waals surface area contributed by atoms with Gasteiger partial charge in [-0.2, -0.15) is 4.31 Å². The Morgan fingerprint density at radius 1 is 1.00 bits per heavy atom. The Labute approximate surface area is 187 Å². The average molecular weight is 448 g/mol. The first-order chi connectivity index (χ1) is 14.9. The number of nitrogens with zero attached hydrogens (tertiary/aromatic N) is 3. The van der Waals surface area contributed by atoms with Gasteiger partial charge < -0.3 is 4.90 Å². The Morgan fingerprint density at radius 2 is 1.65 bits per heavy atom. The Hall–Kier alpha value is -1.44. The van der Waals surface area contributed by atoms with E-state index in [1.54, 1.807) is 23.4 Å². The van der Waals surface area contributed by atoms with E-state index in [9.17, 15) is 13.2 Å². The van der Waals surface area contributed by atoms with Gasteiger partial charge in [0.25, 0.3) is 0 Å². The molecule has 172 valence electrons. The first-order valence-electron chi connectivity index (χ1n) is 12.0. The predicted molar refractivity (Wildman–Crippen MR) is 122 cm³/mol. The molecule has 1 aliphatic carbocycles. The van der Waals surface area contributed by atoms with E-state index >= 15 is 0 Å². The molecule has 7 heteroatoms. The lowest BCUT2D eigenvalue weighted by Crippen LogP contribution is -2.58. The molecule has 3 fully saturated rings. The van der Waals surface area contributed by atoms with E-state index in [0.717, 1.165) is 39.0 Å². The van der Waals surface area contributed by atoms with Gasteiger partial charge in [0.05, 0.1) is 4.90 Å². The number of sulfonamides is 1. The van der Waals surface area contributed by atoms with Crippen LogP contribution in [0.2, 0.25) is 0 Å². The first kappa shape index (κ1) is 22.7. The second-order valence-electron chi connectivity index (χ2n) is 9.56. The number of hydrogen-bond donors (Lipinski definition) is 0. The second kappa shape index (κ2) is 9.20. The molecule has 31 heavy (non-hydrogen) atoms. The smallest absolute Gasteiger partial charge is 0.243 e. The summed E-state index contributed by atoms with van der Waals surface area (Å²) in [6, 6.07) is 7.67. The van der Waals surface area contributed by atoms with Crippen LogP contribution in [-0.4, -0.2) is 73.2 Å². The van der Waals surface area contributed by atoms with Crippen molar-refractivity contribution in [2.45, 2.75) is 75.1 Å². The molecule has 0 aromatic heterocycles. The molecule has 2 saturated heterocycles. The summed E-state index contributed by atoms with van der Waals surface area (Å²) >= 11 is 0. The van der Waals surface area contributed by atoms with Crippen molar-refractivity contribution < 1.29 is 13.2 Å². The highest BCUT2D eigenvalue weighted by atomic mass is 32.2. The van der Waals surface area contributed by atoms with Crippen LogP contribution in [0, 0.1) is 0 Å². The molecule has 1 aromatic carbocycles. The zero-order valence-electron chi connectivity index (χ0n) is 19.1. The summed E-state index contributed by atoms with van der Waals surface area (Å²) in [6.07, 6.45) is 8.26. The van der Waals surface area contributed by atoms with Gasteiger partial charge in [-0.3, -0.25) is 9.69 Å². The van der Waals surface area contributed by atoms with Crippen LogP contribution in [0.3, 0.4) is 0 Å². The third kappa shape index (κ3) is 4.55. The van der Waals surface area contributed by atoms with E-state index in [4.69, 9.17) is 0 Å². The van der Waals surface area contributed by atoms with Gasteiger partial charge in [0, 0.05) is 51.7 Å². The Morgan fingerprint density at radius 3 is 2.19 bits per heavy atom. The highest BCUT2D eigenvalue weighted by Gasteiger charge is 2.44. The third-order valence-electron chi connectivity index (χ3n) is 7.94. The Kier molecular flexibility index (Phi) is 6.75. The maximum Gasteiger partial charge on any atom is 0.243 e. The van der Waals surface area contributed by atoms with Gasteiger partial charge in [-0.05, 0) is 49.3 Å². The minimum atomic E-state index is -3.47. The highest BCUT2D eigenvalue weighted by Crippen LogP contribution is 2.34. The van der Waals surface area contributed by atoms with Crippen molar-refractivity contribution >= 4 is 15.9 Å². The zero-order valence-corrected chi connectivity index (χ0v) is 19.9. The summed E-state index contributed by atoms with van der Waals surface area (Å²) in [4.78, 5) is 16.6. The van der Waals surface area contributed by atoms with E-state index in [0.29, 0.717) is 23.9 Å². The maximum atomic E-state index is 13.2. The van der Waals surface area contributed by atoms with Crippen molar-refractivity contribution in [2.24, 2.45) is 0 Å². The molecule has 4 rings (SSSR count). The van der Waals surface area contributed by atoms with Gasteiger partial charge >= 0.3 is 0 Å². The topological polar surface area (TPSA) is 60.9 Å². The summed E-state index contributed by atoms with van der Waals surface area (Å²) in [5, 5.41) is 0. The molecule has 1 aromatic rings. The fourth-order valence-corrected chi connectivity index (χ4v) is 7.22. The van der Waals surface area contributed by atoms with Gasteiger partial charge in [-0.1, -0.05) is 38.3 Å². The zero-order chi connectivity index (χ0) is 22.1. The molecule has 0 N–H and O–H groups in total. The summed E-state index contributed by atoms with van der Waals surface area (Å²) in [6.45, 7) is 7.83. The molecule has 1 amide bonds. The SMILES string of the molecule is CC[C@@]1(N2CCN(S(=O)(=O)c3ccc(C4CCCCC4)cc3)CC2)CCN(C(C)=O)C1. The predicted octanol–water partition coefficient (Wildman–Crippen LogP) is 3.44. The number of likely N-dealkylation sites (tertiary alicyclic amines) is 1. The molecular weight excluding hydrogens is 410 g/mol. The third-order valence-corrected chi connectivity index (χ3v) is 9.85. The number of rotatable bonds is 5. The molecule has 1 saturated carbocycles. The van der Waals surface area contributed by atoms with Crippen molar-refractivity contribution in [2.75, 3.05) is 39.3 Å². The fourth-order valence-electron chi connectivity index (χ4n) is 5.80. The number of carbonyl (C=O) groups excluding carboxylic acids is 1. The van der Waals surface area contributed by atoms with Crippen LogP contribution in [0.25, 0.3) is 0 Å². The number of piperazine rings is 1. The normalized spacial score (nSPS) is 27.0. The quantitative estimate of drug-likeness (QED) is 0.694. The van der Waals surface area contributed by atoms with Crippen molar-refractivity contribution in [3.63, 3.8) is 0 Å². The van der Waals surface area contributed by atoms with Crippen molar-refractivity contribution in [3.05, 3.63) is 29.8 Å². The van der Waals surface area contributed by atoms with E-state index in [2.05, 4.69) is 11.8 Å². The molecule has 6 nitrogen and oxygen atoms in total. The van der Waals surface area contributed by atoms with Gasteiger partial charge in [-0.15, -0.1) is 0 Å². The molecule has 2 aliphatic heterocycles.